The van der Waals surface area contributed by atoms with Gasteiger partial charge >= 0.3 is 5.97 Å². The molecule has 4 nitrogen and oxygen atoms in total. The molecule has 1 atom stereocenters. The predicted molar refractivity (Wildman–Crippen MR) is 121 cm³/mol. The lowest BCUT2D eigenvalue weighted by Gasteiger charge is -2.12. The lowest BCUT2D eigenvalue weighted by atomic mass is 10.0. The second-order valence-corrected chi connectivity index (χ2v) is 7.92. The van der Waals surface area contributed by atoms with Gasteiger partial charge in [0.15, 0.2) is 0 Å². The molecule has 3 rings (SSSR count). The van der Waals surface area contributed by atoms with Crippen LogP contribution in [0.15, 0.2) is 66.7 Å². The van der Waals surface area contributed by atoms with E-state index in [0.29, 0.717) is 11.6 Å². The summed E-state index contributed by atoms with van der Waals surface area (Å²) in [6.45, 7) is 1.28. The molecule has 6 heteroatoms. The third-order valence-electron chi connectivity index (χ3n) is 4.88. The summed E-state index contributed by atoms with van der Waals surface area (Å²) >= 11 is 12.0. The molecule has 30 heavy (non-hydrogen) atoms. The average Bonchev–Trinajstić information content (AvgIpc) is 2.73. The number of carboxylic acids is 1. The number of rotatable bonds is 9. The third kappa shape index (κ3) is 6.07. The number of benzene rings is 3. The van der Waals surface area contributed by atoms with Crippen LogP contribution in [-0.4, -0.2) is 29.3 Å². The monoisotopic (exact) mass is 443 g/mol. The van der Waals surface area contributed by atoms with Crippen molar-refractivity contribution in [1.82, 2.24) is 5.32 Å². The highest BCUT2D eigenvalue weighted by Crippen LogP contribution is 2.26. The Kier molecular flexibility index (Phi) is 7.88. The van der Waals surface area contributed by atoms with Gasteiger partial charge in [0.25, 0.3) is 0 Å². The second kappa shape index (κ2) is 10.6. The molecule has 0 aliphatic heterocycles. The van der Waals surface area contributed by atoms with Crippen LogP contribution < -0.4 is 5.32 Å². The van der Waals surface area contributed by atoms with Crippen molar-refractivity contribution in [1.29, 1.82) is 0 Å². The predicted octanol–water partition coefficient (Wildman–Crippen LogP) is 5.61. The van der Waals surface area contributed by atoms with Crippen LogP contribution in [0, 0.1) is 0 Å². The minimum absolute atomic E-state index is 0.102. The van der Waals surface area contributed by atoms with Gasteiger partial charge in [0, 0.05) is 11.6 Å². The van der Waals surface area contributed by atoms with Crippen molar-refractivity contribution < 1.29 is 15.0 Å². The number of hydrogen-bond donors (Lipinski definition) is 3. The van der Waals surface area contributed by atoms with Crippen molar-refractivity contribution in [2.45, 2.75) is 18.9 Å². The first kappa shape index (κ1) is 22.3. The van der Waals surface area contributed by atoms with E-state index >= 15 is 0 Å². The topological polar surface area (TPSA) is 69.6 Å². The number of halogens is 2. The van der Waals surface area contributed by atoms with Crippen LogP contribution in [0.1, 0.15) is 34.0 Å². The molecule has 0 aliphatic carbocycles. The fraction of sp³-hybridized carbons (Fsp3) is 0.208. The van der Waals surface area contributed by atoms with E-state index in [1.165, 1.54) is 11.6 Å². The number of nitrogens with one attached hydrogen (secondary N) is 1. The summed E-state index contributed by atoms with van der Waals surface area (Å²) in [5.74, 6) is -1.03. The summed E-state index contributed by atoms with van der Waals surface area (Å²) < 4.78 is 0. The van der Waals surface area contributed by atoms with Crippen LogP contribution in [0.3, 0.4) is 0 Å². The SMILES string of the molecule is O=C(O)c1ccc(-c2ccc(CCCNC[C@H](O)c3cccc(Cl)c3)cc2)cc1Cl. The Morgan fingerprint density at radius 3 is 2.37 bits per heavy atom. The molecule has 156 valence electrons. The highest BCUT2D eigenvalue weighted by Gasteiger charge is 2.10. The Bertz CT molecular complexity index is 1010. The quantitative estimate of drug-likeness (QED) is 0.375. The zero-order valence-electron chi connectivity index (χ0n) is 16.3. The van der Waals surface area contributed by atoms with Crippen LogP contribution in [0.2, 0.25) is 10.0 Å². The normalized spacial score (nSPS) is 12.0. The van der Waals surface area contributed by atoms with Gasteiger partial charge in [-0.15, -0.1) is 0 Å². The van der Waals surface area contributed by atoms with E-state index in [1.807, 2.05) is 24.3 Å². The van der Waals surface area contributed by atoms with Gasteiger partial charge in [-0.1, -0.05) is 65.7 Å². The molecular formula is C24H23Cl2NO3. The van der Waals surface area contributed by atoms with Gasteiger partial charge in [-0.2, -0.15) is 0 Å². The average molecular weight is 444 g/mol. The van der Waals surface area contributed by atoms with Gasteiger partial charge in [0.05, 0.1) is 16.7 Å². The number of aliphatic hydroxyl groups is 1. The van der Waals surface area contributed by atoms with E-state index in [2.05, 4.69) is 17.4 Å². The molecule has 0 saturated carbocycles. The number of aromatic carboxylic acids is 1. The van der Waals surface area contributed by atoms with Crippen molar-refractivity contribution in [3.8, 4) is 11.1 Å². The molecule has 0 radical (unpaired) electrons. The lowest BCUT2D eigenvalue weighted by Crippen LogP contribution is -2.22. The number of hydrogen-bond acceptors (Lipinski definition) is 3. The zero-order chi connectivity index (χ0) is 21.5. The highest BCUT2D eigenvalue weighted by molar-refractivity contribution is 6.33. The Morgan fingerprint density at radius 2 is 1.70 bits per heavy atom. The van der Waals surface area contributed by atoms with E-state index in [9.17, 15) is 9.90 Å². The number of aliphatic hydroxyl groups excluding tert-OH is 1. The summed E-state index contributed by atoms with van der Waals surface area (Å²) in [5.41, 5.74) is 3.99. The van der Waals surface area contributed by atoms with E-state index in [1.54, 1.807) is 24.3 Å². The first-order valence-corrected chi connectivity index (χ1v) is 10.5. The number of carboxylic acid groups (broad SMARTS) is 1. The van der Waals surface area contributed by atoms with E-state index in [-0.39, 0.29) is 10.6 Å². The minimum Gasteiger partial charge on any atom is -0.478 e. The fourth-order valence-corrected chi connectivity index (χ4v) is 3.68. The van der Waals surface area contributed by atoms with Crippen LogP contribution in [0.4, 0.5) is 0 Å². The van der Waals surface area contributed by atoms with Gasteiger partial charge in [-0.05, 0) is 65.9 Å². The minimum atomic E-state index is -1.03. The highest BCUT2D eigenvalue weighted by atomic mass is 35.5. The smallest absolute Gasteiger partial charge is 0.337 e. The molecule has 0 unspecified atom stereocenters. The molecule has 3 aromatic carbocycles. The first-order valence-electron chi connectivity index (χ1n) is 9.70. The van der Waals surface area contributed by atoms with Crippen molar-refractivity contribution in [2.24, 2.45) is 0 Å². The van der Waals surface area contributed by atoms with Crippen molar-refractivity contribution >= 4 is 29.2 Å². The van der Waals surface area contributed by atoms with Gasteiger partial charge < -0.3 is 15.5 Å². The largest absolute Gasteiger partial charge is 0.478 e. The second-order valence-electron chi connectivity index (χ2n) is 7.08. The van der Waals surface area contributed by atoms with Crippen molar-refractivity contribution in [3.63, 3.8) is 0 Å². The molecule has 0 aliphatic rings. The lowest BCUT2D eigenvalue weighted by molar-refractivity contribution is 0.0697. The molecule has 3 aromatic rings. The van der Waals surface area contributed by atoms with Gasteiger partial charge in [0.1, 0.15) is 0 Å². The Labute approximate surface area is 186 Å². The van der Waals surface area contributed by atoms with E-state index in [4.69, 9.17) is 28.3 Å². The molecule has 0 bridgehead atoms. The molecular weight excluding hydrogens is 421 g/mol. The standard InChI is InChI=1S/C24H23Cl2NO3/c25-20-5-1-4-19(13-20)23(28)15-27-12-2-3-16-6-8-17(9-7-16)18-10-11-21(24(29)30)22(26)14-18/h1,4-11,13-14,23,27-28H,2-3,12,15H2,(H,29,30)/t23-/m0/s1. The van der Waals surface area contributed by atoms with Crippen molar-refractivity contribution in [2.75, 3.05) is 13.1 Å². The van der Waals surface area contributed by atoms with E-state index in [0.717, 1.165) is 36.1 Å². The molecule has 0 spiro atoms. The molecule has 3 N–H and O–H groups in total. The van der Waals surface area contributed by atoms with Crippen LogP contribution in [0.5, 0.6) is 0 Å². The maximum Gasteiger partial charge on any atom is 0.337 e. The molecule has 0 heterocycles. The summed E-state index contributed by atoms with van der Waals surface area (Å²) in [6.07, 6.45) is 1.28. The van der Waals surface area contributed by atoms with Gasteiger partial charge in [0.2, 0.25) is 0 Å². The van der Waals surface area contributed by atoms with Crippen molar-refractivity contribution in [3.05, 3.63) is 93.5 Å². The molecule has 0 saturated heterocycles. The Balaban J connectivity index is 1.46. The fourth-order valence-electron chi connectivity index (χ4n) is 3.22. The molecule has 0 amide bonds. The van der Waals surface area contributed by atoms with Crippen LogP contribution in [-0.2, 0) is 6.42 Å². The molecule has 0 aromatic heterocycles. The maximum absolute atomic E-state index is 11.1. The van der Waals surface area contributed by atoms with Gasteiger partial charge in [-0.25, -0.2) is 4.79 Å². The van der Waals surface area contributed by atoms with Crippen LogP contribution in [0.25, 0.3) is 11.1 Å². The third-order valence-corrected chi connectivity index (χ3v) is 5.42. The Hall–Kier alpha value is -2.37. The number of aryl methyl sites for hydroxylation is 1. The zero-order valence-corrected chi connectivity index (χ0v) is 17.8. The Morgan fingerprint density at radius 1 is 0.967 bits per heavy atom. The van der Waals surface area contributed by atoms with Crippen LogP contribution >= 0.6 is 23.2 Å². The van der Waals surface area contributed by atoms with Gasteiger partial charge in [-0.3, -0.25) is 0 Å². The molecule has 0 fully saturated rings. The number of carbonyl (C=O) groups is 1. The summed E-state index contributed by atoms with van der Waals surface area (Å²) in [7, 11) is 0. The first-order chi connectivity index (χ1) is 14.4. The summed E-state index contributed by atoms with van der Waals surface area (Å²) in [6, 6.07) is 20.4. The summed E-state index contributed by atoms with van der Waals surface area (Å²) in [4.78, 5) is 11.1. The maximum atomic E-state index is 11.1. The van der Waals surface area contributed by atoms with E-state index < -0.39 is 12.1 Å². The summed E-state index contributed by atoms with van der Waals surface area (Å²) in [5, 5.41) is 23.4.